The Morgan fingerprint density at radius 3 is 0.906 bits per heavy atom. The van der Waals surface area contributed by atoms with Crippen LogP contribution < -0.4 is 0 Å². The van der Waals surface area contributed by atoms with Crippen LogP contribution in [0.25, 0.3) is 303 Å². The van der Waals surface area contributed by atoms with Gasteiger partial charge in [-0.3, -0.25) is 0 Å². The summed E-state index contributed by atoms with van der Waals surface area (Å²) < 4.78 is 42.5. The van der Waals surface area contributed by atoms with Crippen LogP contribution in [0.4, 0.5) is 0 Å². The Hall–Kier alpha value is -16.3. The van der Waals surface area contributed by atoms with Gasteiger partial charge >= 0.3 is 0 Å². The monoisotopic (exact) mass is 1860 g/mol. The van der Waals surface area contributed by atoms with Crippen molar-refractivity contribution < 1.29 is 13.3 Å². The Morgan fingerprint density at radius 2 is 0.449 bits per heavy atom. The minimum absolute atomic E-state index is 0.928. The van der Waals surface area contributed by atoms with E-state index in [1.807, 2.05) is 86.2 Å². The van der Waals surface area contributed by atoms with Crippen LogP contribution in [0.3, 0.4) is 0 Å². The molecule has 12 heteroatoms. The lowest BCUT2D eigenvalue weighted by Gasteiger charge is -2.09. The van der Waals surface area contributed by atoms with E-state index in [-0.39, 0.29) is 0 Å². The van der Waals surface area contributed by atoms with Gasteiger partial charge in [-0.2, -0.15) is 0 Å². The molecule has 0 radical (unpaired) electrons. The van der Waals surface area contributed by atoms with Crippen molar-refractivity contribution in [1.82, 2.24) is 13.7 Å². The SMILES string of the molecule is c1ccc2c(c1)oc1c(-c3cccc4c3sc3ccc(-n5c6ccccc6c6c7c(ccc65)sc5ccccc57)cc34)cccc12.c1ccc2c(c1)oc1c(-c3cccc4c3sc3ccc(-n5c6ccccc6c6cc7c(cc65)sc5ccccc57)cc34)cccc12.c1ccc2c(c1)oc1c(-c3cccc4c3sc3ccc(-n5c6ccccc6c6cc7sc8ccccc8c7cc65)cc34)cccc12. The van der Waals surface area contributed by atoms with Crippen LogP contribution in [0.15, 0.2) is 432 Å². The summed E-state index contributed by atoms with van der Waals surface area (Å²) >= 11 is 11.2. The van der Waals surface area contributed by atoms with E-state index in [4.69, 9.17) is 13.3 Å². The lowest BCUT2D eigenvalue weighted by molar-refractivity contribution is 0.669. The fourth-order valence-electron chi connectivity index (χ4n) is 22.8. The second-order valence-corrected chi connectivity index (χ2v) is 42.6. The molecule has 6 nitrogen and oxygen atoms in total. The summed E-state index contributed by atoms with van der Waals surface area (Å²) in [6.45, 7) is 0. The van der Waals surface area contributed by atoms with Gasteiger partial charge in [-0.15, -0.1) is 68.0 Å². The number of hydrogen-bond donors (Lipinski definition) is 0. The molecule has 33 aromatic rings. The minimum Gasteiger partial charge on any atom is -0.455 e. The molecule has 0 aliphatic carbocycles. The van der Waals surface area contributed by atoms with E-state index in [1.165, 1.54) is 220 Å². The molecule has 0 atom stereocenters. The van der Waals surface area contributed by atoms with Gasteiger partial charge < -0.3 is 27.0 Å². The van der Waals surface area contributed by atoms with Gasteiger partial charge in [0.1, 0.15) is 33.5 Å². The molecule has 21 aromatic carbocycles. The number of rotatable bonds is 6. The van der Waals surface area contributed by atoms with Crippen molar-refractivity contribution in [2.45, 2.75) is 0 Å². The maximum atomic E-state index is 6.46. The van der Waals surface area contributed by atoms with E-state index in [0.29, 0.717) is 0 Å². The largest absolute Gasteiger partial charge is 0.455 e. The van der Waals surface area contributed by atoms with E-state index in [9.17, 15) is 0 Å². The van der Waals surface area contributed by atoms with Crippen molar-refractivity contribution in [1.29, 1.82) is 0 Å². The molecule has 0 saturated carbocycles. The smallest absolute Gasteiger partial charge is 0.143 e. The van der Waals surface area contributed by atoms with E-state index < -0.39 is 0 Å². The maximum Gasteiger partial charge on any atom is 0.143 e. The van der Waals surface area contributed by atoms with Gasteiger partial charge in [0.05, 0.1) is 33.1 Å². The second kappa shape index (κ2) is 29.6. The third-order valence-electron chi connectivity index (χ3n) is 28.8. The van der Waals surface area contributed by atoms with E-state index >= 15 is 0 Å². The summed E-state index contributed by atoms with van der Waals surface area (Å²) in [5, 5.41) is 30.4. The molecular formula is C126H69N3O3S6. The molecule has 642 valence electrons. The molecular weight excluding hydrogens is 1800 g/mol. The number of aromatic nitrogens is 3. The van der Waals surface area contributed by atoms with Gasteiger partial charge in [-0.1, -0.05) is 273 Å². The highest BCUT2D eigenvalue weighted by Crippen LogP contribution is 2.53. The Morgan fingerprint density at radius 1 is 0.145 bits per heavy atom. The van der Waals surface area contributed by atoms with Crippen LogP contribution in [0.2, 0.25) is 0 Å². The fourth-order valence-corrected chi connectivity index (χ4v) is 29.8. The summed E-state index contributed by atoms with van der Waals surface area (Å²) in [6.07, 6.45) is 0. The van der Waals surface area contributed by atoms with Crippen LogP contribution >= 0.6 is 68.0 Å². The number of nitrogens with zero attached hydrogens (tertiary/aromatic N) is 3. The van der Waals surface area contributed by atoms with E-state index in [0.717, 1.165) is 82.5 Å². The molecule has 0 aliphatic rings. The summed E-state index contributed by atoms with van der Waals surface area (Å²) in [6, 6.07) is 153. The summed E-state index contributed by atoms with van der Waals surface area (Å²) in [7, 11) is 0. The van der Waals surface area contributed by atoms with Gasteiger partial charge in [0.25, 0.3) is 0 Å². The third-order valence-corrected chi connectivity index (χ3v) is 35.9. The Labute approximate surface area is 809 Å². The molecule has 0 unspecified atom stereocenters. The second-order valence-electron chi connectivity index (χ2n) is 36.2. The fraction of sp³-hybridized carbons (Fsp3) is 0. The average Bonchev–Trinajstić information content (AvgIpc) is 1.57. The highest BCUT2D eigenvalue weighted by Gasteiger charge is 2.27. The van der Waals surface area contributed by atoms with Crippen molar-refractivity contribution in [3.63, 3.8) is 0 Å². The van der Waals surface area contributed by atoms with Crippen LogP contribution in [-0.4, -0.2) is 13.7 Å². The number of para-hydroxylation sites is 9. The highest BCUT2D eigenvalue weighted by atomic mass is 32.1. The van der Waals surface area contributed by atoms with E-state index in [2.05, 4.69) is 414 Å². The summed E-state index contributed by atoms with van der Waals surface area (Å²) in [5.41, 5.74) is 23.7. The number of fused-ring (bicyclic) bond motifs is 37. The zero-order valence-corrected chi connectivity index (χ0v) is 78.3. The molecule has 0 bridgehead atoms. The first-order chi connectivity index (χ1) is 68.4. The Bertz CT molecular complexity index is 10900. The molecule has 12 heterocycles. The Kier molecular flexibility index (Phi) is 16.5. The number of benzene rings is 21. The molecule has 33 rings (SSSR count). The van der Waals surface area contributed by atoms with E-state index in [1.54, 1.807) is 0 Å². The molecule has 0 N–H and O–H groups in total. The Balaban J connectivity index is 0.0000000959. The van der Waals surface area contributed by atoms with Crippen LogP contribution in [0, 0.1) is 0 Å². The van der Waals surface area contributed by atoms with Crippen molar-refractivity contribution >= 4 is 320 Å². The van der Waals surface area contributed by atoms with Gasteiger partial charge in [0.2, 0.25) is 0 Å². The summed E-state index contributed by atoms with van der Waals surface area (Å²) in [5.74, 6) is 0. The van der Waals surface area contributed by atoms with Gasteiger partial charge in [-0.05, 0) is 146 Å². The molecule has 0 saturated heterocycles. The van der Waals surface area contributed by atoms with Crippen molar-refractivity contribution in [2.24, 2.45) is 0 Å². The van der Waals surface area contributed by atoms with Crippen molar-refractivity contribution in [3.05, 3.63) is 419 Å². The topological polar surface area (TPSA) is 54.2 Å². The first kappa shape index (κ1) is 77.1. The van der Waals surface area contributed by atoms with Gasteiger partial charge in [0, 0.05) is 236 Å². The zero-order valence-electron chi connectivity index (χ0n) is 73.4. The quantitative estimate of drug-likeness (QED) is 0.167. The van der Waals surface area contributed by atoms with Gasteiger partial charge in [0.15, 0.2) is 0 Å². The normalized spacial score (nSPS) is 12.3. The lowest BCUT2D eigenvalue weighted by Crippen LogP contribution is -1.93. The molecule has 0 amide bonds. The minimum atomic E-state index is 0.928. The third kappa shape index (κ3) is 11.3. The number of thiophene rings is 6. The summed E-state index contributed by atoms with van der Waals surface area (Å²) in [4.78, 5) is 0. The molecule has 0 fully saturated rings. The van der Waals surface area contributed by atoms with Gasteiger partial charge in [-0.25, -0.2) is 0 Å². The first-order valence-electron chi connectivity index (χ1n) is 46.5. The lowest BCUT2D eigenvalue weighted by atomic mass is 10.00. The average molecular weight is 1870 g/mol. The van der Waals surface area contributed by atoms with Crippen molar-refractivity contribution in [3.8, 4) is 50.4 Å². The van der Waals surface area contributed by atoms with Crippen LogP contribution in [0.1, 0.15) is 0 Å². The van der Waals surface area contributed by atoms with Crippen LogP contribution in [0.5, 0.6) is 0 Å². The standard InChI is InChI=1S/3C42H23NOS2/c1-4-16-33-30(10-1)39-34(20-22-38-40(39)31-11-3-6-18-36(31)45-38)43(33)24-19-21-37-32(23-24)29-15-8-14-28(42(29)46-37)27-13-7-12-26-25-9-2-5-17-35(25)44-41(26)27;1-4-16-35-25(9-1)32-23-40-34(27-11-3-6-18-38(27)45-40)22-36(32)43(35)24-19-20-39-33(21-24)31-15-8-14-30(42(31)46-39)29-13-7-12-28-26-10-2-5-17-37(26)44-41(28)29;1-4-16-35-25(9-1)32-22-34-27-11-3-6-18-38(27)45-40(34)23-36(32)43(35)24-19-20-39-33(21-24)31-15-8-14-30(42(31)46-39)29-13-7-12-28-26-10-2-5-17-37(26)44-41(28)29/h3*1-23H. The first-order valence-corrected chi connectivity index (χ1v) is 51.4. The highest BCUT2D eigenvalue weighted by molar-refractivity contribution is 7.28. The maximum absolute atomic E-state index is 6.46. The predicted molar refractivity (Wildman–Crippen MR) is 598 cm³/mol. The molecule has 12 aromatic heterocycles. The van der Waals surface area contributed by atoms with Crippen molar-refractivity contribution in [2.75, 3.05) is 0 Å². The molecule has 0 spiro atoms. The van der Waals surface area contributed by atoms with Crippen LogP contribution in [-0.2, 0) is 0 Å². The molecule has 138 heavy (non-hydrogen) atoms. The predicted octanol–water partition coefficient (Wildman–Crippen LogP) is 39.3. The number of furan rings is 3. The number of hydrogen-bond acceptors (Lipinski definition) is 9. The molecule has 0 aliphatic heterocycles. The zero-order chi connectivity index (χ0) is 89.8.